The second-order valence-corrected chi connectivity index (χ2v) is 7.65. The van der Waals surface area contributed by atoms with Crippen molar-refractivity contribution in [2.75, 3.05) is 11.1 Å². The van der Waals surface area contributed by atoms with Crippen LogP contribution >= 0.6 is 11.8 Å². The molecule has 0 saturated carbocycles. The second kappa shape index (κ2) is 8.82. The van der Waals surface area contributed by atoms with Gasteiger partial charge in [-0.05, 0) is 26.8 Å². The molecule has 0 aliphatic heterocycles. The van der Waals surface area contributed by atoms with Crippen LogP contribution in [-0.2, 0) is 9.59 Å². The number of benzene rings is 1. The molecule has 2 aromatic heterocycles. The van der Waals surface area contributed by atoms with Gasteiger partial charge in [-0.2, -0.15) is 0 Å². The molecule has 3 N–H and O–H groups in total. The normalized spacial score (nSPS) is 11.8. The van der Waals surface area contributed by atoms with Crippen LogP contribution in [0, 0.1) is 13.8 Å². The molecule has 29 heavy (non-hydrogen) atoms. The average molecular weight is 416 g/mol. The summed E-state index contributed by atoms with van der Waals surface area (Å²) in [5.74, 6) is -0.300. The first-order valence-electron chi connectivity index (χ1n) is 8.78. The van der Waals surface area contributed by atoms with Crippen LogP contribution in [0.1, 0.15) is 28.8 Å². The molecule has 9 nitrogen and oxygen atoms in total. The summed E-state index contributed by atoms with van der Waals surface area (Å²) in [6.45, 7) is 5.15. The van der Waals surface area contributed by atoms with E-state index in [1.165, 1.54) is 0 Å². The van der Waals surface area contributed by atoms with Crippen LogP contribution in [0.5, 0.6) is 0 Å². The highest BCUT2D eigenvalue weighted by Crippen LogP contribution is 2.24. The Kier molecular flexibility index (Phi) is 6.23. The van der Waals surface area contributed by atoms with E-state index in [2.05, 4.69) is 21.3 Å². The average Bonchev–Trinajstić information content (AvgIpc) is 3.27. The number of hydrogen-bond acceptors (Lipinski definition) is 7. The van der Waals surface area contributed by atoms with Gasteiger partial charge in [0, 0.05) is 17.0 Å². The number of furan rings is 1. The highest BCUT2D eigenvalue weighted by Gasteiger charge is 2.19. The Labute approximate surface area is 170 Å². The minimum atomic E-state index is -0.552. The van der Waals surface area contributed by atoms with Gasteiger partial charge in [0.2, 0.25) is 11.8 Å². The number of rotatable bonds is 6. The Morgan fingerprint density at radius 2 is 1.93 bits per heavy atom. The predicted octanol–water partition coefficient (Wildman–Crippen LogP) is 2.56. The van der Waals surface area contributed by atoms with Gasteiger partial charge < -0.3 is 14.3 Å². The number of carbonyl (C=O) groups excluding carboxylic acids is 3. The molecule has 0 radical (unpaired) electrons. The summed E-state index contributed by atoms with van der Waals surface area (Å²) in [6, 6.07) is 8.88. The molecule has 1 aromatic carbocycles. The van der Waals surface area contributed by atoms with Crippen LogP contribution in [0.25, 0.3) is 11.0 Å². The van der Waals surface area contributed by atoms with Gasteiger partial charge in [0.15, 0.2) is 11.6 Å². The molecule has 1 atom stereocenters. The van der Waals surface area contributed by atoms with Crippen molar-refractivity contribution in [3.8, 4) is 0 Å². The van der Waals surface area contributed by atoms with E-state index >= 15 is 0 Å². The number of aromatic nitrogens is 1. The van der Waals surface area contributed by atoms with Gasteiger partial charge in [-0.3, -0.25) is 25.2 Å². The summed E-state index contributed by atoms with van der Waals surface area (Å²) >= 11 is 1.12. The first-order chi connectivity index (χ1) is 13.8. The molecule has 152 valence electrons. The van der Waals surface area contributed by atoms with Crippen LogP contribution in [0.15, 0.2) is 39.3 Å². The Morgan fingerprint density at radius 1 is 1.17 bits per heavy atom. The second-order valence-electron chi connectivity index (χ2n) is 6.32. The van der Waals surface area contributed by atoms with Crippen molar-refractivity contribution in [1.82, 2.24) is 16.0 Å². The number of amides is 3. The summed E-state index contributed by atoms with van der Waals surface area (Å²) in [5.41, 5.74) is 5.94. The highest BCUT2D eigenvalue weighted by atomic mass is 32.2. The van der Waals surface area contributed by atoms with Gasteiger partial charge in [0.1, 0.15) is 11.3 Å². The van der Waals surface area contributed by atoms with E-state index in [-0.39, 0.29) is 17.4 Å². The van der Waals surface area contributed by atoms with Crippen LogP contribution in [0.2, 0.25) is 0 Å². The lowest BCUT2D eigenvalue weighted by Gasteiger charge is -2.11. The summed E-state index contributed by atoms with van der Waals surface area (Å²) in [4.78, 5) is 36.4. The van der Waals surface area contributed by atoms with Crippen molar-refractivity contribution in [2.45, 2.75) is 26.0 Å². The topological polar surface area (TPSA) is 126 Å². The largest absolute Gasteiger partial charge is 0.451 e. The van der Waals surface area contributed by atoms with Crippen LogP contribution in [0.3, 0.4) is 0 Å². The number of thioether (sulfide) groups is 1. The van der Waals surface area contributed by atoms with Gasteiger partial charge in [-0.15, -0.1) is 11.8 Å². The zero-order chi connectivity index (χ0) is 21.0. The molecule has 0 bridgehead atoms. The number of aryl methyl sites for hydroxylation is 2. The maximum absolute atomic E-state index is 12.3. The monoisotopic (exact) mass is 416 g/mol. The molecule has 0 aliphatic rings. The molecule has 3 aromatic rings. The first kappa shape index (κ1) is 20.5. The smallest absolute Gasteiger partial charge is 0.305 e. The molecule has 0 unspecified atom stereocenters. The Hall–Kier alpha value is -3.27. The number of hydrazine groups is 1. The lowest BCUT2D eigenvalue weighted by atomic mass is 10.1. The van der Waals surface area contributed by atoms with E-state index in [0.29, 0.717) is 22.7 Å². The number of nitrogens with zero attached hydrogens (tertiary/aromatic N) is 1. The lowest BCUT2D eigenvalue weighted by Crippen LogP contribution is -2.43. The van der Waals surface area contributed by atoms with E-state index in [1.807, 2.05) is 18.2 Å². The molecule has 3 amide bonds. The number of anilines is 1. The van der Waals surface area contributed by atoms with Crippen molar-refractivity contribution in [3.05, 3.63) is 47.4 Å². The fourth-order valence-corrected chi connectivity index (χ4v) is 3.22. The van der Waals surface area contributed by atoms with Crippen LogP contribution in [-0.4, -0.2) is 33.9 Å². The SMILES string of the molecule is Cc1cc(NC(=O)[C@@H](C)SCC(=O)NNC(=O)c2oc3ccccc3c2C)no1. The zero-order valence-corrected chi connectivity index (χ0v) is 16.9. The molecule has 0 fully saturated rings. The number of carbonyl (C=O) groups is 3. The van der Waals surface area contributed by atoms with Gasteiger partial charge in [0.25, 0.3) is 0 Å². The summed E-state index contributed by atoms with van der Waals surface area (Å²) in [5, 5.41) is 6.61. The number of nitrogens with one attached hydrogen (secondary N) is 3. The van der Waals surface area contributed by atoms with Crippen molar-refractivity contribution in [1.29, 1.82) is 0 Å². The maximum atomic E-state index is 12.3. The number of hydrogen-bond donors (Lipinski definition) is 3. The standard InChI is InChI=1S/C19H20N4O5S/c1-10-8-15(23-28-10)20-18(25)12(3)29-9-16(24)21-22-19(26)17-11(2)13-6-4-5-7-14(13)27-17/h4-8,12H,9H2,1-3H3,(H,21,24)(H,22,26)(H,20,23,25)/t12-/m1/s1. The Balaban J connectivity index is 1.46. The van der Waals surface area contributed by atoms with Crippen molar-refractivity contribution < 1.29 is 23.3 Å². The number of para-hydroxylation sites is 1. The highest BCUT2D eigenvalue weighted by molar-refractivity contribution is 8.01. The molecule has 10 heteroatoms. The van der Waals surface area contributed by atoms with Gasteiger partial charge in [0.05, 0.1) is 11.0 Å². The Bertz CT molecular complexity index is 1060. The third-order valence-corrected chi connectivity index (χ3v) is 5.22. The van der Waals surface area contributed by atoms with E-state index in [0.717, 1.165) is 17.1 Å². The summed E-state index contributed by atoms with van der Waals surface area (Å²) < 4.78 is 10.4. The van der Waals surface area contributed by atoms with E-state index in [1.54, 1.807) is 32.9 Å². The first-order valence-corrected chi connectivity index (χ1v) is 9.83. The fourth-order valence-electron chi connectivity index (χ4n) is 2.54. The molecule has 2 heterocycles. The minimum Gasteiger partial charge on any atom is -0.451 e. The third-order valence-electron chi connectivity index (χ3n) is 4.08. The fraction of sp³-hybridized carbons (Fsp3) is 0.263. The lowest BCUT2D eigenvalue weighted by molar-refractivity contribution is -0.119. The van der Waals surface area contributed by atoms with Gasteiger partial charge >= 0.3 is 5.91 Å². The van der Waals surface area contributed by atoms with Crippen molar-refractivity contribution in [2.24, 2.45) is 0 Å². The quantitative estimate of drug-likeness (QED) is 0.527. The predicted molar refractivity (Wildman–Crippen MR) is 108 cm³/mol. The van der Waals surface area contributed by atoms with E-state index < -0.39 is 17.1 Å². The zero-order valence-electron chi connectivity index (χ0n) is 16.1. The maximum Gasteiger partial charge on any atom is 0.305 e. The number of fused-ring (bicyclic) bond motifs is 1. The molecular weight excluding hydrogens is 396 g/mol. The molecule has 3 rings (SSSR count). The minimum absolute atomic E-state index is 0.0220. The summed E-state index contributed by atoms with van der Waals surface area (Å²) in [6.07, 6.45) is 0. The molecule has 0 aliphatic carbocycles. The molecular formula is C19H20N4O5S. The van der Waals surface area contributed by atoms with Crippen molar-refractivity contribution >= 4 is 46.3 Å². The van der Waals surface area contributed by atoms with Gasteiger partial charge in [-0.1, -0.05) is 23.4 Å². The van der Waals surface area contributed by atoms with Gasteiger partial charge in [-0.25, -0.2) is 0 Å². The van der Waals surface area contributed by atoms with Crippen LogP contribution in [0.4, 0.5) is 5.82 Å². The molecule has 0 saturated heterocycles. The van der Waals surface area contributed by atoms with Crippen LogP contribution < -0.4 is 16.2 Å². The third kappa shape index (κ3) is 4.96. The van der Waals surface area contributed by atoms with E-state index in [9.17, 15) is 14.4 Å². The Morgan fingerprint density at radius 3 is 2.62 bits per heavy atom. The molecule has 0 spiro atoms. The van der Waals surface area contributed by atoms with E-state index in [4.69, 9.17) is 8.94 Å². The summed E-state index contributed by atoms with van der Waals surface area (Å²) in [7, 11) is 0. The van der Waals surface area contributed by atoms with Crippen molar-refractivity contribution in [3.63, 3.8) is 0 Å².